The maximum Gasteiger partial charge on any atom is 0.0897 e. The fourth-order valence-corrected chi connectivity index (χ4v) is 1.84. The molecular formula is C14H27NO3S. The number of aliphatic hydroxyl groups excluding tert-OH is 1. The predicted molar refractivity (Wildman–Crippen MR) is 81.6 cm³/mol. The van der Waals surface area contributed by atoms with Gasteiger partial charge in [0.15, 0.2) is 0 Å². The average molecular weight is 289 g/mol. The highest BCUT2D eigenvalue weighted by atomic mass is 32.2. The summed E-state index contributed by atoms with van der Waals surface area (Å²) in [7, 11) is 0. The van der Waals surface area contributed by atoms with Crippen molar-refractivity contribution in [1.82, 2.24) is 5.32 Å². The molecule has 0 fully saturated rings. The molecule has 0 amide bonds. The molecule has 0 bridgehead atoms. The maximum absolute atomic E-state index is 9.63. The lowest BCUT2D eigenvalue weighted by atomic mass is 10.4. The van der Waals surface area contributed by atoms with Crippen molar-refractivity contribution in [3.8, 4) is 12.3 Å². The largest absolute Gasteiger partial charge is 0.389 e. The van der Waals surface area contributed by atoms with E-state index in [-0.39, 0.29) is 0 Å². The van der Waals surface area contributed by atoms with Crippen molar-refractivity contribution >= 4 is 11.8 Å². The SMILES string of the molecule is C#CCSCCNCC(O)COCCOCCCC. The van der Waals surface area contributed by atoms with Crippen molar-refractivity contribution in [2.24, 2.45) is 0 Å². The molecule has 1 atom stereocenters. The van der Waals surface area contributed by atoms with Crippen LogP contribution in [0.4, 0.5) is 0 Å². The summed E-state index contributed by atoms with van der Waals surface area (Å²) in [5, 5.41) is 12.8. The third kappa shape index (κ3) is 15.7. The van der Waals surface area contributed by atoms with E-state index >= 15 is 0 Å². The Bertz CT molecular complexity index is 221. The maximum atomic E-state index is 9.63. The zero-order chi connectivity index (χ0) is 14.2. The average Bonchev–Trinajstić information content (AvgIpc) is 2.41. The van der Waals surface area contributed by atoms with Gasteiger partial charge in [-0.25, -0.2) is 0 Å². The Hall–Kier alpha value is -0.250. The molecular weight excluding hydrogens is 262 g/mol. The molecule has 5 heteroatoms. The van der Waals surface area contributed by atoms with E-state index in [0.717, 1.165) is 37.5 Å². The van der Waals surface area contributed by atoms with Gasteiger partial charge in [0, 0.05) is 25.4 Å². The summed E-state index contributed by atoms with van der Waals surface area (Å²) in [4.78, 5) is 0. The molecule has 0 saturated heterocycles. The molecule has 19 heavy (non-hydrogen) atoms. The number of ether oxygens (including phenoxy) is 2. The summed E-state index contributed by atoms with van der Waals surface area (Å²) in [5.74, 6) is 4.28. The van der Waals surface area contributed by atoms with Crippen molar-refractivity contribution in [2.45, 2.75) is 25.9 Å². The summed E-state index contributed by atoms with van der Waals surface area (Å²) >= 11 is 1.71. The lowest BCUT2D eigenvalue weighted by molar-refractivity contribution is 0.00410. The quantitative estimate of drug-likeness (QED) is 0.371. The highest BCUT2D eigenvalue weighted by molar-refractivity contribution is 7.99. The number of aliphatic hydroxyl groups is 1. The zero-order valence-electron chi connectivity index (χ0n) is 11.9. The molecule has 1 unspecified atom stereocenters. The summed E-state index contributed by atoms with van der Waals surface area (Å²) in [6.45, 7) is 5.81. The summed E-state index contributed by atoms with van der Waals surface area (Å²) < 4.78 is 10.7. The molecule has 0 aliphatic heterocycles. The van der Waals surface area contributed by atoms with Crippen LogP contribution in [-0.4, -0.2) is 62.2 Å². The van der Waals surface area contributed by atoms with Gasteiger partial charge >= 0.3 is 0 Å². The number of hydrogen-bond donors (Lipinski definition) is 2. The molecule has 112 valence electrons. The van der Waals surface area contributed by atoms with Gasteiger partial charge in [-0.05, 0) is 6.42 Å². The Morgan fingerprint density at radius 1 is 1.32 bits per heavy atom. The van der Waals surface area contributed by atoms with Gasteiger partial charge in [0.25, 0.3) is 0 Å². The highest BCUT2D eigenvalue weighted by Crippen LogP contribution is 1.95. The van der Waals surface area contributed by atoms with Gasteiger partial charge in [-0.2, -0.15) is 0 Å². The number of unbranched alkanes of at least 4 members (excludes halogenated alkanes) is 1. The summed E-state index contributed by atoms with van der Waals surface area (Å²) in [6, 6.07) is 0. The number of nitrogens with one attached hydrogen (secondary N) is 1. The third-order valence-electron chi connectivity index (χ3n) is 2.31. The molecule has 0 aromatic carbocycles. The topological polar surface area (TPSA) is 50.7 Å². The van der Waals surface area contributed by atoms with Crippen LogP contribution in [0.2, 0.25) is 0 Å². The van der Waals surface area contributed by atoms with Gasteiger partial charge in [0.1, 0.15) is 0 Å². The highest BCUT2D eigenvalue weighted by Gasteiger charge is 2.03. The fourth-order valence-electron chi connectivity index (χ4n) is 1.29. The minimum atomic E-state index is -0.465. The lowest BCUT2D eigenvalue weighted by Crippen LogP contribution is -2.32. The van der Waals surface area contributed by atoms with Gasteiger partial charge in [-0.1, -0.05) is 19.3 Å². The van der Waals surface area contributed by atoms with E-state index in [0.29, 0.717) is 26.4 Å². The second-order valence-corrected chi connectivity index (χ2v) is 5.26. The van der Waals surface area contributed by atoms with Crippen LogP contribution < -0.4 is 5.32 Å². The van der Waals surface area contributed by atoms with Crippen molar-refractivity contribution in [2.75, 3.05) is 51.0 Å². The van der Waals surface area contributed by atoms with E-state index < -0.39 is 6.10 Å². The Kier molecular flexibility index (Phi) is 15.6. The Morgan fingerprint density at radius 2 is 2.11 bits per heavy atom. The molecule has 4 nitrogen and oxygen atoms in total. The first-order chi connectivity index (χ1) is 9.31. The van der Waals surface area contributed by atoms with E-state index in [1.807, 2.05) is 0 Å². The van der Waals surface area contributed by atoms with Crippen LogP contribution in [0, 0.1) is 12.3 Å². The van der Waals surface area contributed by atoms with Gasteiger partial charge < -0.3 is 19.9 Å². The van der Waals surface area contributed by atoms with Crippen LogP contribution in [0.5, 0.6) is 0 Å². The third-order valence-corrected chi connectivity index (χ3v) is 3.18. The fraction of sp³-hybridized carbons (Fsp3) is 0.857. The van der Waals surface area contributed by atoms with Gasteiger partial charge in [0.2, 0.25) is 0 Å². The predicted octanol–water partition coefficient (Wildman–Crippen LogP) is 1.14. The van der Waals surface area contributed by atoms with E-state index in [1.54, 1.807) is 11.8 Å². The normalized spacial score (nSPS) is 12.3. The molecule has 0 aliphatic carbocycles. The van der Waals surface area contributed by atoms with E-state index in [4.69, 9.17) is 15.9 Å². The molecule has 0 aliphatic rings. The van der Waals surface area contributed by atoms with Crippen molar-refractivity contribution < 1.29 is 14.6 Å². The van der Waals surface area contributed by atoms with E-state index in [2.05, 4.69) is 18.2 Å². The first-order valence-corrected chi connectivity index (χ1v) is 8.02. The monoisotopic (exact) mass is 289 g/mol. The Balaban J connectivity index is 3.13. The number of hydrogen-bond acceptors (Lipinski definition) is 5. The minimum absolute atomic E-state index is 0.349. The number of rotatable bonds is 14. The van der Waals surface area contributed by atoms with E-state index in [9.17, 15) is 5.11 Å². The van der Waals surface area contributed by atoms with Crippen LogP contribution in [0.15, 0.2) is 0 Å². The van der Waals surface area contributed by atoms with Crippen LogP contribution in [-0.2, 0) is 9.47 Å². The van der Waals surface area contributed by atoms with Crippen LogP contribution in [0.3, 0.4) is 0 Å². The molecule has 0 rings (SSSR count). The first-order valence-electron chi connectivity index (χ1n) is 6.86. The molecule has 0 heterocycles. The molecule has 0 radical (unpaired) electrons. The lowest BCUT2D eigenvalue weighted by Gasteiger charge is -2.12. The molecule has 0 aromatic rings. The van der Waals surface area contributed by atoms with Gasteiger partial charge in [0.05, 0.1) is 31.7 Å². The zero-order valence-corrected chi connectivity index (χ0v) is 12.7. The standard InChI is InChI=1S/C14H27NO3S/c1-3-5-7-17-8-9-18-13-14(16)12-15-6-11-19-10-4-2/h2,14-16H,3,5-13H2,1H3. The molecule has 2 N–H and O–H groups in total. The Labute approximate surface area is 121 Å². The molecule has 0 aromatic heterocycles. The Morgan fingerprint density at radius 3 is 2.84 bits per heavy atom. The smallest absolute Gasteiger partial charge is 0.0897 e. The number of terminal acetylenes is 1. The van der Waals surface area contributed by atoms with Gasteiger partial charge in [-0.3, -0.25) is 0 Å². The van der Waals surface area contributed by atoms with Gasteiger partial charge in [-0.15, -0.1) is 18.2 Å². The summed E-state index contributed by atoms with van der Waals surface area (Å²) in [6.07, 6.45) is 6.91. The van der Waals surface area contributed by atoms with Crippen molar-refractivity contribution in [1.29, 1.82) is 0 Å². The van der Waals surface area contributed by atoms with Crippen molar-refractivity contribution in [3.05, 3.63) is 0 Å². The van der Waals surface area contributed by atoms with Crippen molar-refractivity contribution in [3.63, 3.8) is 0 Å². The molecule has 0 saturated carbocycles. The van der Waals surface area contributed by atoms with E-state index in [1.165, 1.54) is 0 Å². The van der Waals surface area contributed by atoms with Crippen LogP contribution in [0.1, 0.15) is 19.8 Å². The van der Waals surface area contributed by atoms with Crippen LogP contribution >= 0.6 is 11.8 Å². The molecule has 0 spiro atoms. The second-order valence-electron chi connectivity index (χ2n) is 4.16. The minimum Gasteiger partial charge on any atom is -0.389 e. The second kappa shape index (κ2) is 15.8. The number of thioether (sulfide) groups is 1. The first kappa shape index (κ1) is 18.8. The van der Waals surface area contributed by atoms with Crippen LogP contribution in [0.25, 0.3) is 0 Å². The summed E-state index contributed by atoms with van der Waals surface area (Å²) in [5.41, 5.74) is 0.